The van der Waals surface area contributed by atoms with Gasteiger partial charge in [0.25, 0.3) is 5.91 Å². The molecule has 0 saturated heterocycles. The Morgan fingerprint density at radius 2 is 1.62 bits per heavy atom. The average Bonchev–Trinajstić information content (AvgIpc) is 2.43. The quantitative estimate of drug-likeness (QED) is 0.795. The highest BCUT2D eigenvalue weighted by Gasteiger charge is 2.35. The van der Waals surface area contributed by atoms with Gasteiger partial charge in [0.2, 0.25) is 5.56 Å². The van der Waals surface area contributed by atoms with E-state index < -0.39 is 41.3 Å². The Morgan fingerprint density at radius 1 is 0.962 bits per heavy atom. The molecule has 0 aliphatic rings. The minimum atomic E-state index is -5.27. The number of ether oxygens (including phenoxy) is 2. The number of aromatic nitrogens is 1. The number of benzene rings is 1. The van der Waals surface area contributed by atoms with Crippen molar-refractivity contribution in [2.24, 2.45) is 0 Å². The van der Waals surface area contributed by atoms with Gasteiger partial charge in [-0.1, -0.05) is 0 Å². The zero-order valence-corrected chi connectivity index (χ0v) is 12.4. The first-order valence-corrected chi connectivity index (χ1v) is 6.58. The lowest BCUT2D eigenvalue weighted by molar-refractivity contribution is -0.276. The second-order valence-electron chi connectivity index (χ2n) is 4.65. The predicted molar refractivity (Wildman–Crippen MR) is 74.8 cm³/mol. The Bertz CT molecular complexity index is 859. The van der Waals surface area contributed by atoms with Crippen LogP contribution in [-0.4, -0.2) is 23.6 Å². The number of carbonyl (C=O) groups excluding carboxylic acids is 1. The molecule has 0 radical (unpaired) electrons. The van der Waals surface area contributed by atoms with E-state index >= 15 is 0 Å². The fourth-order valence-electron chi connectivity index (χ4n) is 1.82. The standard InChI is InChI=1S/C14H8F6N2O4/c15-13(16,17)25-8-1-2-9(10(6-8)26-14(18,19)20)12(24)22-7-3-4-21-11(23)5-7/h1-6H,(H2,21,22,23,24). The van der Waals surface area contributed by atoms with E-state index in [-0.39, 0.29) is 11.8 Å². The Kier molecular flexibility index (Phi) is 5.14. The molecule has 0 bridgehead atoms. The summed E-state index contributed by atoms with van der Waals surface area (Å²) in [6, 6.07) is 3.76. The molecule has 2 aromatic rings. The van der Waals surface area contributed by atoms with E-state index in [1.54, 1.807) is 0 Å². The normalized spacial score (nSPS) is 11.8. The number of alkyl halides is 6. The van der Waals surface area contributed by atoms with Crippen LogP contribution in [0, 0.1) is 0 Å². The number of H-pyrrole nitrogens is 1. The van der Waals surface area contributed by atoms with E-state index in [0.717, 1.165) is 6.07 Å². The van der Waals surface area contributed by atoms with Gasteiger partial charge in [-0.3, -0.25) is 9.59 Å². The van der Waals surface area contributed by atoms with Crippen LogP contribution >= 0.6 is 0 Å². The van der Waals surface area contributed by atoms with E-state index in [9.17, 15) is 35.9 Å². The molecule has 12 heteroatoms. The first kappa shape index (κ1) is 19.1. The average molecular weight is 382 g/mol. The van der Waals surface area contributed by atoms with Gasteiger partial charge >= 0.3 is 12.7 Å². The van der Waals surface area contributed by atoms with Gasteiger partial charge in [-0.05, 0) is 18.2 Å². The number of halogens is 6. The SMILES string of the molecule is O=C(Nc1cc[nH]c(=O)c1)c1ccc(OC(F)(F)F)cc1OC(F)(F)F. The van der Waals surface area contributed by atoms with Gasteiger partial charge in [-0.2, -0.15) is 0 Å². The van der Waals surface area contributed by atoms with Crippen molar-refractivity contribution in [2.75, 3.05) is 5.32 Å². The Labute approximate surface area is 140 Å². The molecule has 0 atom stereocenters. The maximum atomic E-state index is 12.5. The van der Waals surface area contributed by atoms with Crippen LogP contribution in [0.1, 0.15) is 10.4 Å². The lowest BCUT2D eigenvalue weighted by Crippen LogP contribution is -2.22. The van der Waals surface area contributed by atoms with E-state index in [2.05, 4.69) is 19.8 Å². The minimum Gasteiger partial charge on any atom is -0.406 e. The maximum Gasteiger partial charge on any atom is 0.573 e. The molecule has 0 fully saturated rings. The van der Waals surface area contributed by atoms with Crippen LogP contribution in [-0.2, 0) is 0 Å². The Hall–Kier alpha value is -3.18. The van der Waals surface area contributed by atoms with Gasteiger partial charge in [0.05, 0.1) is 5.56 Å². The molecule has 1 aromatic carbocycles. The first-order valence-electron chi connectivity index (χ1n) is 6.58. The third kappa shape index (κ3) is 5.72. The third-order valence-electron chi connectivity index (χ3n) is 2.69. The van der Waals surface area contributed by atoms with E-state index in [4.69, 9.17) is 0 Å². The van der Waals surface area contributed by atoms with Gasteiger partial charge in [-0.15, -0.1) is 26.3 Å². The molecule has 2 N–H and O–H groups in total. The molecule has 0 unspecified atom stereocenters. The lowest BCUT2D eigenvalue weighted by Gasteiger charge is -2.15. The lowest BCUT2D eigenvalue weighted by atomic mass is 10.1. The highest BCUT2D eigenvalue weighted by Crippen LogP contribution is 2.33. The number of anilines is 1. The fraction of sp³-hybridized carbons (Fsp3) is 0.143. The van der Waals surface area contributed by atoms with Crippen molar-refractivity contribution in [1.82, 2.24) is 4.98 Å². The molecular weight excluding hydrogens is 374 g/mol. The molecular formula is C14H8F6N2O4. The largest absolute Gasteiger partial charge is 0.573 e. The number of amides is 1. The molecule has 0 spiro atoms. The van der Waals surface area contributed by atoms with Crippen molar-refractivity contribution < 1.29 is 40.6 Å². The van der Waals surface area contributed by atoms with Crippen LogP contribution in [0.4, 0.5) is 32.0 Å². The van der Waals surface area contributed by atoms with Gasteiger partial charge in [-0.25, -0.2) is 0 Å². The molecule has 1 aromatic heterocycles. The van der Waals surface area contributed by atoms with Crippen molar-refractivity contribution in [3.8, 4) is 11.5 Å². The number of rotatable bonds is 4. The summed E-state index contributed by atoms with van der Waals surface area (Å²) in [4.78, 5) is 25.5. The smallest absolute Gasteiger partial charge is 0.406 e. The van der Waals surface area contributed by atoms with Gasteiger partial charge < -0.3 is 19.8 Å². The summed E-state index contributed by atoms with van der Waals surface area (Å²) in [5.41, 5.74) is -1.37. The molecule has 1 heterocycles. The molecule has 0 saturated carbocycles. The minimum absolute atomic E-state index is 0.0488. The number of hydrogen-bond acceptors (Lipinski definition) is 4. The van der Waals surface area contributed by atoms with Crippen LogP contribution < -0.4 is 20.3 Å². The summed E-state index contributed by atoms with van der Waals surface area (Å²) < 4.78 is 81.1. The second-order valence-corrected chi connectivity index (χ2v) is 4.65. The maximum absolute atomic E-state index is 12.5. The molecule has 26 heavy (non-hydrogen) atoms. The monoisotopic (exact) mass is 382 g/mol. The summed E-state index contributed by atoms with van der Waals surface area (Å²) in [6.45, 7) is 0. The summed E-state index contributed by atoms with van der Waals surface area (Å²) in [5.74, 6) is -3.36. The number of pyridine rings is 1. The van der Waals surface area contributed by atoms with E-state index in [1.165, 1.54) is 12.3 Å². The number of hydrogen-bond donors (Lipinski definition) is 2. The van der Waals surface area contributed by atoms with Crippen molar-refractivity contribution in [3.05, 3.63) is 52.4 Å². The van der Waals surface area contributed by atoms with Crippen LogP contribution in [0.3, 0.4) is 0 Å². The predicted octanol–water partition coefficient (Wildman–Crippen LogP) is 3.42. The second kappa shape index (κ2) is 6.98. The van der Waals surface area contributed by atoms with Crippen molar-refractivity contribution in [2.45, 2.75) is 12.7 Å². The molecule has 2 rings (SSSR count). The van der Waals surface area contributed by atoms with Crippen molar-refractivity contribution >= 4 is 11.6 Å². The number of aromatic amines is 1. The van der Waals surface area contributed by atoms with E-state index in [1.807, 2.05) is 0 Å². The van der Waals surface area contributed by atoms with Crippen LogP contribution in [0.15, 0.2) is 41.3 Å². The highest BCUT2D eigenvalue weighted by atomic mass is 19.4. The number of nitrogens with one attached hydrogen (secondary N) is 2. The summed E-state index contributed by atoms with van der Waals surface area (Å²) in [5, 5.41) is 2.12. The molecule has 140 valence electrons. The zero-order valence-electron chi connectivity index (χ0n) is 12.4. The fourth-order valence-corrected chi connectivity index (χ4v) is 1.82. The van der Waals surface area contributed by atoms with Gasteiger partial charge in [0.1, 0.15) is 11.5 Å². The van der Waals surface area contributed by atoms with Gasteiger partial charge in [0.15, 0.2) is 0 Å². The van der Waals surface area contributed by atoms with Crippen molar-refractivity contribution in [3.63, 3.8) is 0 Å². The topological polar surface area (TPSA) is 80.4 Å². The van der Waals surface area contributed by atoms with E-state index in [0.29, 0.717) is 12.1 Å². The van der Waals surface area contributed by atoms with Crippen LogP contribution in [0.2, 0.25) is 0 Å². The van der Waals surface area contributed by atoms with Crippen molar-refractivity contribution in [1.29, 1.82) is 0 Å². The molecule has 0 aliphatic heterocycles. The number of carbonyl (C=O) groups is 1. The molecule has 6 nitrogen and oxygen atoms in total. The summed E-state index contributed by atoms with van der Waals surface area (Å²) in [6.07, 6.45) is -9.24. The molecule has 1 amide bonds. The summed E-state index contributed by atoms with van der Waals surface area (Å²) >= 11 is 0. The van der Waals surface area contributed by atoms with Crippen LogP contribution in [0.5, 0.6) is 11.5 Å². The Balaban J connectivity index is 2.35. The zero-order chi connectivity index (χ0) is 19.5. The van der Waals surface area contributed by atoms with Crippen LogP contribution in [0.25, 0.3) is 0 Å². The summed E-state index contributed by atoms with van der Waals surface area (Å²) in [7, 11) is 0. The first-order chi connectivity index (χ1) is 11.9. The third-order valence-corrected chi connectivity index (χ3v) is 2.69. The molecule has 0 aliphatic carbocycles. The van der Waals surface area contributed by atoms with Gasteiger partial charge in [0, 0.05) is 24.0 Å². The highest BCUT2D eigenvalue weighted by molar-refractivity contribution is 6.06. The Morgan fingerprint density at radius 3 is 2.19 bits per heavy atom.